The monoisotopic (exact) mass is 467 g/mol. The molecule has 0 bridgehead atoms. The third-order valence-electron chi connectivity index (χ3n) is 5.10. The van der Waals surface area contributed by atoms with Crippen LogP contribution in [0.1, 0.15) is 44.1 Å². The van der Waals surface area contributed by atoms with E-state index < -0.39 is 39.9 Å². The molecule has 1 aromatic heterocycles. The first-order valence-corrected chi connectivity index (χ1v) is 9.78. The molecule has 166 valence electrons. The van der Waals surface area contributed by atoms with Crippen LogP contribution in [0.5, 0.6) is 5.75 Å². The number of halogens is 5. The SMILES string of the molecule is O=C(O)c1ccc(-c2c(C(=O)c3c(Cl)cccc3C(F)(F)F)[nH]c3c2OCCC3)c(F)c1. The van der Waals surface area contributed by atoms with Crippen LogP contribution in [0.15, 0.2) is 36.4 Å². The van der Waals surface area contributed by atoms with Crippen LogP contribution in [-0.2, 0) is 12.6 Å². The summed E-state index contributed by atoms with van der Waals surface area (Å²) >= 11 is 5.99. The van der Waals surface area contributed by atoms with Gasteiger partial charge in [-0.15, -0.1) is 0 Å². The first-order chi connectivity index (χ1) is 15.1. The molecular formula is C22H14ClF4NO4. The van der Waals surface area contributed by atoms with Gasteiger partial charge in [-0.1, -0.05) is 23.7 Å². The van der Waals surface area contributed by atoms with Crippen molar-refractivity contribution in [3.63, 3.8) is 0 Å². The van der Waals surface area contributed by atoms with Crippen molar-refractivity contribution >= 4 is 23.4 Å². The molecule has 0 fully saturated rings. The number of aromatic carboxylic acids is 1. The van der Waals surface area contributed by atoms with Crippen LogP contribution in [0.3, 0.4) is 0 Å². The zero-order valence-corrected chi connectivity index (χ0v) is 16.9. The predicted octanol–water partition coefficient (Wildman–Crippen LogP) is 5.75. The number of aromatic amines is 1. The molecule has 0 saturated heterocycles. The van der Waals surface area contributed by atoms with Crippen molar-refractivity contribution in [2.24, 2.45) is 0 Å². The van der Waals surface area contributed by atoms with Crippen LogP contribution in [0.4, 0.5) is 17.6 Å². The summed E-state index contributed by atoms with van der Waals surface area (Å²) in [7, 11) is 0. The molecule has 0 radical (unpaired) electrons. The molecule has 0 aliphatic carbocycles. The Labute approximate surface area is 183 Å². The zero-order chi connectivity index (χ0) is 23.2. The van der Waals surface area contributed by atoms with Crippen LogP contribution in [0, 0.1) is 5.82 Å². The Hall–Kier alpha value is -3.33. The number of benzene rings is 2. The highest BCUT2D eigenvalue weighted by Gasteiger charge is 2.38. The van der Waals surface area contributed by atoms with E-state index in [1.165, 1.54) is 0 Å². The van der Waals surface area contributed by atoms with Gasteiger partial charge in [-0.3, -0.25) is 4.79 Å². The maximum atomic E-state index is 14.9. The molecule has 10 heteroatoms. The number of aryl methyl sites for hydroxylation is 1. The molecule has 0 spiro atoms. The summed E-state index contributed by atoms with van der Waals surface area (Å²) in [4.78, 5) is 27.3. The third kappa shape index (κ3) is 3.73. The van der Waals surface area contributed by atoms with E-state index in [2.05, 4.69) is 4.98 Å². The van der Waals surface area contributed by atoms with Gasteiger partial charge in [0.2, 0.25) is 5.78 Å². The van der Waals surface area contributed by atoms with Crippen LogP contribution in [0.2, 0.25) is 5.02 Å². The lowest BCUT2D eigenvalue weighted by atomic mass is 9.95. The van der Waals surface area contributed by atoms with Crippen molar-refractivity contribution in [3.05, 3.63) is 75.3 Å². The van der Waals surface area contributed by atoms with Crippen LogP contribution >= 0.6 is 11.6 Å². The fourth-order valence-corrected chi connectivity index (χ4v) is 3.95. The number of carboxylic acid groups (broad SMARTS) is 1. The molecule has 0 amide bonds. The fourth-order valence-electron chi connectivity index (χ4n) is 3.69. The summed E-state index contributed by atoms with van der Waals surface area (Å²) in [5, 5.41) is 8.67. The number of rotatable bonds is 4. The Morgan fingerprint density at radius 2 is 1.91 bits per heavy atom. The minimum absolute atomic E-state index is 0.0767. The van der Waals surface area contributed by atoms with Gasteiger partial charge in [-0.2, -0.15) is 13.2 Å². The number of hydrogen-bond donors (Lipinski definition) is 2. The van der Waals surface area contributed by atoms with E-state index in [9.17, 15) is 27.2 Å². The van der Waals surface area contributed by atoms with Crippen LogP contribution in [0.25, 0.3) is 11.1 Å². The van der Waals surface area contributed by atoms with E-state index in [0.717, 1.165) is 36.4 Å². The molecule has 2 N–H and O–H groups in total. The largest absolute Gasteiger partial charge is 0.491 e. The highest BCUT2D eigenvalue weighted by atomic mass is 35.5. The quantitative estimate of drug-likeness (QED) is 0.378. The van der Waals surface area contributed by atoms with E-state index in [4.69, 9.17) is 21.4 Å². The highest BCUT2D eigenvalue weighted by Crippen LogP contribution is 2.43. The zero-order valence-electron chi connectivity index (χ0n) is 16.1. The number of hydrogen-bond acceptors (Lipinski definition) is 3. The van der Waals surface area contributed by atoms with Gasteiger partial charge in [0.15, 0.2) is 0 Å². The summed E-state index contributed by atoms with van der Waals surface area (Å²) in [5.74, 6) is -3.27. The summed E-state index contributed by atoms with van der Waals surface area (Å²) in [6.07, 6.45) is -3.84. The molecular weight excluding hydrogens is 454 g/mol. The van der Waals surface area contributed by atoms with Gasteiger partial charge in [0.25, 0.3) is 0 Å². The van der Waals surface area contributed by atoms with E-state index in [0.29, 0.717) is 18.5 Å². The van der Waals surface area contributed by atoms with Gasteiger partial charge in [0.1, 0.15) is 11.6 Å². The maximum absolute atomic E-state index is 14.9. The molecule has 2 aromatic carbocycles. The topological polar surface area (TPSA) is 79.4 Å². The number of carboxylic acids is 1. The lowest BCUT2D eigenvalue weighted by Gasteiger charge is -2.16. The normalized spacial score (nSPS) is 13.4. The van der Waals surface area contributed by atoms with E-state index in [1.54, 1.807) is 0 Å². The first-order valence-electron chi connectivity index (χ1n) is 9.41. The number of ketones is 1. The van der Waals surface area contributed by atoms with E-state index in [-0.39, 0.29) is 34.7 Å². The van der Waals surface area contributed by atoms with Gasteiger partial charge in [0, 0.05) is 5.56 Å². The summed E-state index contributed by atoms with van der Waals surface area (Å²) in [6.45, 7) is 0.264. The number of carbonyl (C=O) groups is 2. The van der Waals surface area contributed by atoms with Crippen molar-refractivity contribution < 1.29 is 37.0 Å². The predicted molar refractivity (Wildman–Crippen MR) is 107 cm³/mol. The second-order valence-corrected chi connectivity index (χ2v) is 7.53. The molecule has 1 aliphatic rings. The second kappa shape index (κ2) is 7.98. The molecule has 2 heterocycles. The number of nitrogens with one attached hydrogen (secondary N) is 1. The number of aromatic nitrogens is 1. The first kappa shape index (κ1) is 21.9. The van der Waals surface area contributed by atoms with Crippen molar-refractivity contribution in [1.29, 1.82) is 0 Å². The van der Waals surface area contributed by atoms with Crippen LogP contribution < -0.4 is 4.74 Å². The van der Waals surface area contributed by atoms with E-state index >= 15 is 0 Å². The maximum Gasteiger partial charge on any atom is 0.417 e. The average Bonchev–Trinajstić information content (AvgIpc) is 3.11. The smallest absolute Gasteiger partial charge is 0.417 e. The minimum atomic E-state index is -4.85. The Balaban J connectivity index is 1.96. The number of carbonyl (C=O) groups excluding carboxylic acids is 1. The molecule has 0 saturated carbocycles. The van der Waals surface area contributed by atoms with Gasteiger partial charge < -0.3 is 14.8 Å². The Kier molecular flexibility index (Phi) is 5.46. The van der Waals surface area contributed by atoms with Gasteiger partial charge in [-0.05, 0) is 37.1 Å². The Morgan fingerprint density at radius 1 is 1.16 bits per heavy atom. The van der Waals surface area contributed by atoms with Crippen molar-refractivity contribution in [2.45, 2.75) is 19.0 Å². The molecule has 3 aromatic rings. The van der Waals surface area contributed by atoms with Gasteiger partial charge >= 0.3 is 12.1 Å². The highest BCUT2D eigenvalue weighted by molar-refractivity contribution is 6.35. The molecule has 1 aliphatic heterocycles. The third-order valence-corrected chi connectivity index (χ3v) is 5.42. The van der Waals surface area contributed by atoms with Gasteiger partial charge in [-0.25, -0.2) is 9.18 Å². The standard InChI is InChI=1S/C22H14ClF4NO4/c23-13-4-1-3-12(22(25,26)27)17(13)19(29)18-16(20-15(28-18)5-2-8-32-20)11-7-6-10(21(30)31)9-14(11)24/h1,3-4,6-7,9,28H,2,5,8H2,(H,30,31). The second-order valence-electron chi connectivity index (χ2n) is 7.12. The van der Waals surface area contributed by atoms with Crippen molar-refractivity contribution in [3.8, 4) is 16.9 Å². The Bertz CT molecular complexity index is 1250. The van der Waals surface area contributed by atoms with Crippen molar-refractivity contribution in [1.82, 2.24) is 4.98 Å². The molecule has 0 unspecified atom stereocenters. The summed E-state index contributed by atoms with van der Waals surface area (Å²) in [5.41, 5.74) is -2.48. The molecule has 4 rings (SSSR count). The van der Waals surface area contributed by atoms with Crippen molar-refractivity contribution in [2.75, 3.05) is 6.61 Å². The molecule has 32 heavy (non-hydrogen) atoms. The number of H-pyrrole nitrogens is 1. The fraction of sp³-hybridized carbons (Fsp3) is 0.182. The molecule has 5 nitrogen and oxygen atoms in total. The van der Waals surface area contributed by atoms with E-state index in [1.807, 2.05) is 0 Å². The summed E-state index contributed by atoms with van der Waals surface area (Å²) < 4.78 is 61.2. The number of fused-ring (bicyclic) bond motifs is 1. The average molecular weight is 468 g/mol. The summed E-state index contributed by atoms with van der Waals surface area (Å²) in [6, 6.07) is 6.02. The lowest BCUT2D eigenvalue weighted by molar-refractivity contribution is -0.137. The van der Waals surface area contributed by atoms with Gasteiger partial charge in [0.05, 0.1) is 45.3 Å². The lowest BCUT2D eigenvalue weighted by Crippen LogP contribution is -2.15. The van der Waals surface area contributed by atoms with Crippen LogP contribution in [-0.4, -0.2) is 28.4 Å². The Morgan fingerprint density at radius 3 is 2.56 bits per heavy atom. The molecule has 0 atom stereocenters. The minimum Gasteiger partial charge on any atom is -0.491 e. The number of alkyl halides is 3. The number of ether oxygens (including phenoxy) is 1.